The largest absolute Gasteiger partial charge is 0.356 e. The molecule has 0 N–H and O–H groups in total. The van der Waals surface area contributed by atoms with Gasteiger partial charge in [-0.3, -0.25) is 0 Å². The van der Waals surface area contributed by atoms with Crippen molar-refractivity contribution < 1.29 is 0 Å². The van der Waals surface area contributed by atoms with E-state index < -0.39 is 8.22 Å². The highest BCUT2D eigenvalue weighted by Crippen LogP contribution is 2.44. The van der Waals surface area contributed by atoms with E-state index in [-0.39, 0.29) is 0 Å². The molecule has 3 aromatic carbocycles. The Bertz CT molecular complexity index is 824. The lowest BCUT2D eigenvalue weighted by atomic mass is 10.2. The van der Waals surface area contributed by atoms with Crippen LogP contribution >= 0.6 is 8.22 Å². The van der Waals surface area contributed by atoms with Crippen molar-refractivity contribution >= 4 is 24.9 Å². The monoisotopic (exact) mass is 391 g/mol. The summed E-state index contributed by atoms with van der Waals surface area (Å²) in [7, 11) is 3.76. The highest BCUT2D eigenvalue weighted by atomic mass is 31.1. The minimum Gasteiger partial charge on any atom is -0.356 e. The number of hydrogen-bond acceptors (Lipinski definition) is 3. The second kappa shape index (κ2) is 9.73. The summed E-state index contributed by atoms with van der Waals surface area (Å²) in [5.41, 5.74) is 2.50. The fraction of sp³-hybridized carbons (Fsp3) is 0.250. The maximum Gasteiger partial charge on any atom is 0.101 e. The van der Waals surface area contributed by atoms with E-state index in [2.05, 4.69) is 133 Å². The lowest BCUT2D eigenvalue weighted by Gasteiger charge is -2.40. The summed E-state index contributed by atoms with van der Waals surface area (Å²) in [6.45, 7) is 5.37. The van der Waals surface area contributed by atoms with Crippen LogP contribution in [0.2, 0.25) is 0 Å². The van der Waals surface area contributed by atoms with E-state index in [0.717, 1.165) is 6.67 Å². The van der Waals surface area contributed by atoms with Crippen LogP contribution in [-0.2, 0) is 0 Å². The maximum atomic E-state index is 2.48. The number of benzene rings is 3. The standard InChI is InChI=1S/C24H30N3P/c1-21(2)27(23-16-10-6-11-17-23)20-25(3)28(24-18-12-7-13-19-24)26(4)22-14-8-5-9-15-22/h5-19,21H,20H2,1-4H3. The molecule has 0 aromatic heterocycles. The van der Waals surface area contributed by atoms with Gasteiger partial charge in [0.1, 0.15) is 8.22 Å². The molecular formula is C24H30N3P. The van der Waals surface area contributed by atoms with Crippen molar-refractivity contribution in [2.45, 2.75) is 19.9 Å². The first kappa shape index (κ1) is 20.4. The van der Waals surface area contributed by atoms with Crippen LogP contribution in [0.15, 0.2) is 91.0 Å². The fourth-order valence-electron chi connectivity index (χ4n) is 3.36. The average molecular weight is 391 g/mol. The van der Waals surface area contributed by atoms with Crippen molar-refractivity contribution in [3.63, 3.8) is 0 Å². The zero-order valence-corrected chi connectivity index (χ0v) is 18.1. The van der Waals surface area contributed by atoms with Crippen molar-refractivity contribution in [1.82, 2.24) is 4.67 Å². The van der Waals surface area contributed by atoms with Gasteiger partial charge in [-0.25, -0.2) is 4.67 Å². The van der Waals surface area contributed by atoms with Crippen molar-refractivity contribution in [2.24, 2.45) is 0 Å². The molecule has 0 spiro atoms. The predicted octanol–water partition coefficient (Wildman–Crippen LogP) is 5.56. The number of rotatable bonds is 8. The van der Waals surface area contributed by atoms with Crippen LogP contribution < -0.4 is 14.9 Å². The third kappa shape index (κ3) is 4.92. The number of anilines is 2. The first-order chi connectivity index (χ1) is 13.6. The zero-order chi connectivity index (χ0) is 19.9. The summed E-state index contributed by atoms with van der Waals surface area (Å²) >= 11 is 0. The topological polar surface area (TPSA) is 9.72 Å². The predicted molar refractivity (Wildman–Crippen MR) is 125 cm³/mol. The van der Waals surface area contributed by atoms with E-state index in [1.54, 1.807) is 0 Å². The van der Waals surface area contributed by atoms with E-state index in [1.165, 1.54) is 16.7 Å². The van der Waals surface area contributed by atoms with E-state index in [9.17, 15) is 0 Å². The van der Waals surface area contributed by atoms with Gasteiger partial charge >= 0.3 is 0 Å². The van der Waals surface area contributed by atoms with Gasteiger partial charge in [-0.05, 0) is 45.2 Å². The molecule has 0 saturated heterocycles. The molecule has 0 heterocycles. The van der Waals surface area contributed by atoms with Crippen LogP contribution in [0.1, 0.15) is 13.8 Å². The van der Waals surface area contributed by atoms with Crippen LogP contribution in [-0.4, -0.2) is 31.5 Å². The van der Waals surface area contributed by atoms with Crippen LogP contribution in [0.5, 0.6) is 0 Å². The fourth-order valence-corrected chi connectivity index (χ4v) is 5.60. The molecule has 3 aromatic rings. The minimum absolute atomic E-state index is 0.416. The van der Waals surface area contributed by atoms with Gasteiger partial charge in [-0.1, -0.05) is 66.7 Å². The van der Waals surface area contributed by atoms with Gasteiger partial charge in [0.15, 0.2) is 0 Å². The summed E-state index contributed by atoms with van der Waals surface area (Å²) in [5, 5.41) is 1.35. The molecular weight excluding hydrogens is 361 g/mol. The van der Waals surface area contributed by atoms with E-state index >= 15 is 0 Å². The average Bonchev–Trinajstić information content (AvgIpc) is 2.74. The highest BCUT2D eigenvalue weighted by molar-refractivity contribution is 7.64. The summed E-state index contributed by atoms with van der Waals surface area (Å²) in [4.78, 5) is 2.46. The lowest BCUT2D eigenvalue weighted by Crippen LogP contribution is -2.41. The maximum absolute atomic E-state index is 2.48. The molecule has 0 aliphatic carbocycles. The van der Waals surface area contributed by atoms with Crippen LogP contribution in [0.3, 0.4) is 0 Å². The van der Waals surface area contributed by atoms with Crippen LogP contribution in [0, 0.1) is 0 Å². The summed E-state index contributed by atoms with van der Waals surface area (Å²) in [5.74, 6) is 0. The Balaban J connectivity index is 1.91. The Morgan fingerprint density at radius 2 is 1.14 bits per heavy atom. The Hall–Kier alpha value is -2.35. The SMILES string of the molecule is CC(C)N(CN(C)P(c1ccccc1)N(C)c1ccccc1)c1ccccc1. The molecule has 0 aliphatic rings. The van der Waals surface area contributed by atoms with Crippen molar-refractivity contribution in [2.75, 3.05) is 30.3 Å². The Labute approximate surface area is 171 Å². The van der Waals surface area contributed by atoms with E-state index in [4.69, 9.17) is 0 Å². The molecule has 4 heteroatoms. The van der Waals surface area contributed by atoms with Gasteiger partial charge in [-0.15, -0.1) is 0 Å². The number of para-hydroxylation sites is 2. The Kier molecular flexibility index (Phi) is 7.08. The molecule has 0 aliphatic heterocycles. The van der Waals surface area contributed by atoms with Crippen molar-refractivity contribution in [3.8, 4) is 0 Å². The second-order valence-corrected chi connectivity index (χ2v) is 9.56. The van der Waals surface area contributed by atoms with Gasteiger partial charge in [0, 0.05) is 29.8 Å². The second-order valence-electron chi connectivity index (χ2n) is 7.18. The lowest BCUT2D eigenvalue weighted by molar-refractivity contribution is 0.501. The minimum atomic E-state index is -0.677. The molecule has 0 amide bonds. The number of hydrogen-bond donors (Lipinski definition) is 0. The molecule has 0 saturated carbocycles. The van der Waals surface area contributed by atoms with Gasteiger partial charge in [0.25, 0.3) is 0 Å². The van der Waals surface area contributed by atoms with Gasteiger partial charge < -0.3 is 9.57 Å². The molecule has 0 bridgehead atoms. The third-order valence-electron chi connectivity index (χ3n) is 4.79. The third-order valence-corrected chi connectivity index (χ3v) is 7.13. The smallest absolute Gasteiger partial charge is 0.101 e. The Morgan fingerprint density at radius 3 is 1.64 bits per heavy atom. The molecule has 1 unspecified atom stereocenters. The molecule has 3 nitrogen and oxygen atoms in total. The first-order valence-corrected chi connectivity index (χ1v) is 11.0. The highest BCUT2D eigenvalue weighted by Gasteiger charge is 2.25. The molecule has 1 atom stereocenters. The van der Waals surface area contributed by atoms with Gasteiger partial charge in [0.2, 0.25) is 0 Å². The molecule has 3 rings (SSSR count). The normalized spacial score (nSPS) is 12.2. The zero-order valence-electron chi connectivity index (χ0n) is 17.2. The van der Waals surface area contributed by atoms with Gasteiger partial charge in [0.05, 0.1) is 6.67 Å². The van der Waals surface area contributed by atoms with Crippen molar-refractivity contribution in [3.05, 3.63) is 91.0 Å². The quantitative estimate of drug-likeness (QED) is 0.367. The van der Waals surface area contributed by atoms with Crippen LogP contribution in [0.4, 0.5) is 11.4 Å². The summed E-state index contributed by atoms with van der Waals surface area (Å²) in [6, 6.07) is 32.6. The van der Waals surface area contributed by atoms with Crippen LogP contribution in [0.25, 0.3) is 0 Å². The molecule has 0 fully saturated rings. The molecule has 28 heavy (non-hydrogen) atoms. The van der Waals surface area contributed by atoms with E-state index in [0.29, 0.717) is 6.04 Å². The van der Waals surface area contributed by atoms with E-state index in [1.807, 2.05) is 0 Å². The molecule has 146 valence electrons. The van der Waals surface area contributed by atoms with Gasteiger partial charge in [-0.2, -0.15) is 0 Å². The Morgan fingerprint density at radius 1 is 0.679 bits per heavy atom. The summed E-state index contributed by atoms with van der Waals surface area (Å²) in [6.07, 6.45) is 0. The van der Waals surface area contributed by atoms with Crippen molar-refractivity contribution in [1.29, 1.82) is 0 Å². The number of nitrogens with zero attached hydrogens (tertiary/aromatic N) is 3. The summed E-state index contributed by atoms with van der Waals surface area (Å²) < 4.78 is 4.89. The molecule has 0 radical (unpaired) electrons. The first-order valence-electron chi connectivity index (χ1n) is 9.74.